The molecule has 182 valence electrons. The number of methoxy groups -OCH3 is 1. The van der Waals surface area contributed by atoms with Gasteiger partial charge in [-0.25, -0.2) is 4.79 Å². The van der Waals surface area contributed by atoms with Crippen molar-refractivity contribution in [2.45, 2.75) is 77.7 Å². The third kappa shape index (κ3) is 10.1. The van der Waals surface area contributed by atoms with Gasteiger partial charge in [0.1, 0.15) is 5.60 Å². The van der Waals surface area contributed by atoms with Gasteiger partial charge in [-0.2, -0.15) is 0 Å². The Hall–Kier alpha value is -0.770. The van der Waals surface area contributed by atoms with Crippen molar-refractivity contribution in [2.75, 3.05) is 46.9 Å². The van der Waals surface area contributed by atoms with Gasteiger partial charge in [-0.15, -0.1) is 24.0 Å². The molecule has 1 amide bonds. The van der Waals surface area contributed by atoms with Crippen molar-refractivity contribution >= 4 is 36.0 Å². The lowest BCUT2D eigenvalue weighted by molar-refractivity contribution is 0.0162. The van der Waals surface area contributed by atoms with Crippen LogP contribution in [0.15, 0.2) is 4.99 Å². The van der Waals surface area contributed by atoms with Crippen LogP contribution in [0.5, 0.6) is 0 Å². The van der Waals surface area contributed by atoms with Crippen molar-refractivity contribution in [3.8, 4) is 0 Å². The van der Waals surface area contributed by atoms with Gasteiger partial charge in [0, 0.05) is 46.9 Å². The van der Waals surface area contributed by atoms with E-state index in [0.717, 1.165) is 64.4 Å². The molecular weight excluding hydrogens is 507 g/mol. The molecule has 1 heterocycles. The van der Waals surface area contributed by atoms with Crippen molar-refractivity contribution in [1.82, 2.24) is 15.5 Å². The fourth-order valence-electron chi connectivity index (χ4n) is 4.64. The lowest BCUT2D eigenvalue weighted by Gasteiger charge is -2.34. The molecule has 1 saturated carbocycles. The van der Waals surface area contributed by atoms with Crippen molar-refractivity contribution in [2.24, 2.45) is 16.3 Å². The summed E-state index contributed by atoms with van der Waals surface area (Å²) in [4.78, 5) is 18.6. The molecule has 1 aliphatic carbocycles. The number of hydrogen-bond acceptors (Lipinski definition) is 4. The summed E-state index contributed by atoms with van der Waals surface area (Å²) in [6, 6.07) is 0. The van der Waals surface area contributed by atoms with Gasteiger partial charge in [0.15, 0.2) is 5.96 Å². The molecule has 2 rings (SSSR count). The first-order chi connectivity index (χ1) is 14.3. The zero-order valence-electron chi connectivity index (χ0n) is 20.3. The van der Waals surface area contributed by atoms with E-state index in [1.165, 1.54) is 25.7 Å². The highest BCUT2D eigenvalue weighted by atomic mass is 127. The molecule has 2 fully saturated rings. The summed E-state index contributed by atoms with van der Waals surface area (Å²) < 4.78 is 10.9. The maximum atomic E-state index is 12.4. The Bertz CT molecular complexity index is 560. The number of rotatable bonds is 8. The largest absolute Gasteiger partial charge is 0.444 e. The topological polar surface area (TPSA) is 75.2 Å². The van der Waals surface area contributed by atoms with Crippen LogP contribution in [-0.2, 0) is 9.47 Å². The highest BCUT2D eigenvalue weighted by molar-refractivity contribution is 14.0. The Morgan fingerprint density at radius 3 is 2.52 bits per heavy atom. The molecule has 0 bridgehead atoms. The molecule has 7 nitrogen and oxygen atoms in total. The van der Waals surface area contributed by atoms with Crippen LogP contribution in [-0.4, -0.2) is 69.5 Å². The molecule has 0 aromatic carbocycles. The van der Waals surface area contributed by atoms with E-state index in [9.17, 15) is 4.79 Å². The molecule has 2 aliphatic rings. The number of likely N-dealkylation sites (tertiary alicyclic amines) is 1. The highest BCUT2D eigenvalue weighted by Gasteiger charge is 2.33. The minimum absolute atomic E-state index is 0. The number of hydrogen-bond donors (Lipinski definition) is 2. The second kappa shape index (κ2) is 13.7. The van der Waals surface area contributed by atoms with Gasteiger partial charge < -0.3 is 25.0 Å². The van der Waals surface area contributed by atoms with Gasteiger partial charge in [0.05, 0.1) is 0 Å². The zero-order chi connectivity index (χ0) is 22.0. The van der Waals surface area contributed by atoms with E-state index in [4.69, 9.17) is 9.47 Å². The maximum Gasteiger partial charge on any atom is 0.410 e. The molecule has 0 aromatic heterocycles. The fraction of sp³-hybridized carbons (Fsp3) is 0.913. The number of ether oxygens (including phenoxy) is 2. The predicted octanol–water partition coefficient (Wildman–Crippen LogP) is 4.40. The van der Waals surface area contributed by atoms with Crippen LogP contribution in [0.2, 0.25) is 0 Å². The van der Waals surface area contributed by atoms with Gasteiger partial charge in [-0.3, -0.25) is 4.99 Å². The molecule has 1 atom stereocenters. The van der Waals surface area contributed by atoms with E-state index >= 15 is 0 Å². The van der Waals surface area contributed by atoms with Gasteiger partial charge in [0.25, 0.3) is 0 Å². The molecule has 0 radical (unpaired) electrons. The summed E-state index contributed by atoms with van der Waals surface area (Å²) in [6.07, 6.45) is 9.30. The van der Waals surface area contributed by atoms with E-state index in [1.54, 1.807) is 7.11 Å². The van der Waals surface area contributed by atoms with Crippen LogP contribution in [0.25, 0.3) is 0 Å². The smallest absolute Gasteiger partial charge is 0.410 e. The first kappa shape index (κ1) is 28.3. The molecule has 0 spiro atoms. The van der Waals surface area contributed by atoms with Gasteiger partial charge >= 0.3 is 6.09 Å². The number of piperidine rings is 1. The molecule has 31 heavy (non-hydrogen) atoms. The molecule has 2 N–H and O–H groups in total. The number of aliphatic imine (C=N–C) groups is 1. The third-order valence-electron chi connectivity index (χ3n) is 6.37. The van der Waals surface area contributed by atoms with Gasteiger partial charge in [-0.1, -0.05) is 12.8 Å². The Morgan fingerprint density at radius 1 is 1.19 bits per heavy atom. The first-order valence-electron chi connectivity index (χ1n) is 11.7. The van der Waals surface area contributed by atoms with Crippen LogP contribution in [0.3, 0.4) is 0 Å². The molecule has 1 saturated heterocycles. The number of carbonyl (C=O) groups is 1. The Balaban J connectivity index is 0.00000480. The van der Waals surface area contributed by atoms with E-state index in [-0.39, 0.29) is 30.1 Å². The monoisotopic (exact) mass is 552 g/mol. The van der Waals surface area contributed by atoms with Crippen molar-refractivity contribution in [3.63, 3.8) is 0 Å². The molecule has 1 unspecified atom stereocenters. The number of carbonyl (C=O) groups excluding carboxylic acids is 1. The van der Waals surface area contributed by atoms with Crippen molar-refractivity contribution < 1.29 is 14.3 Å². The Morgan fingerprint density at radius 2 is 1.90 bits per heavy atom. The fourth-order valence-corrected chi connectivity index (χ4v) is 4.64. The van der Waals surface area contributed by atoms with Gasteiger partial charge in [-0.05, 0) is 70.6 Å². The number of guanidine groups is 1. The van der Waals surface area contributed by atoms with E-state index in [2.05, 4.69) is 15.6 Å². The van der Waals surface area contributed by atoms with Crippen LogP contribution in [0, 0.1) is 11.3 Å². The van der Waals surface area contributed by atoms with Crippen LogP contribution >= 0.6 is 24.0 Å². The number of nitrogens with one attached hydrogen (secondary N) is 2. The van der Waals surface area contributed by atoms with E-state index in [1.807, 2.05) is 32.7 Å². The predicted molar refractivity (Wildman–Crippen MR) is 137 cm³/mol. The average molecular weight is 553 g/mol. The van der Waals surface area contributed by atoms with E-state index in [0.29, 0.717) is 11.3 Å². The van der Waals surface area contributed by atoms with Crippen molar-refractivity contribution in [3.05, 3.63) is 0 Å². The van der Waals surface area contributed by atoms with Gasteiger partial charge in [0.2, 0.25) is 0 Å². The highest BCUT2D eigenvalue weighted by Crippen LogP contribution is 2.40. The second-order valence-electron chi connectivity index (χ2n) is 10.0. The Labute approximate surface area is 206 Å². The zero-order valence-corrected chi connectivity index (χ0v) is 22.6. The van der Waals surface area contributed by atoms with Crippen molar-refractivity contribution in [1.29, 1.82) is 0 Å². The molecule has 0 aromatic rings. The Kier molecular flexibility index (Phi) is 12.5. The van der Waals surface area contributed by atoms with Crippen LogP contribution < -0.4 is 10.6 Å². The summed E-state index contributed by atoms with van der Waals surface area (Å²) in [6.45, 7) is 9.96. The maximum absolute atomic E-state index is 12.4. The molecule has 8 heteroatoms. The summed E-state index contributed by atoms with van der Waals surface area (Å²) in [5, 5.41) is 7.02. The second-order valence-corrected chi connectivity index (χ2v) is 10.0. The summed E-state index contributed by atoms with van der Waals surface area (Å²) in [5.74, 6) is 1.37. The summed E-state index contributed by atoms with van der Waals surface area (Å²) >= 11 is 0. The number of nitrogens with zero attached hydrogens (tertiary/aromatic N) is 2. The summed E-state index contributed by atoms with van der Waals surface area (Å²) in [7, 11) is 3.61. The lowest BCUT2D eigenvalue weighted by atomic mass is 9.83. The van der Waals surface area contributed by atoms with E-state index < -0.39 is 5.60 Å². The first-order valence-corrected chi connectivity index (χ1v) is 11.7. The standard InChI is InChI=1S/C23H44N4O3.HI/c1-22(2,3)30-21(28)27-15-8-9-19(17-27)10-14-25-20(24-4)26-18-23(13-16-29-5)11-6-7-12-23;/h19H,6-18H2,1-5H3,(H2,24,25,26);1H. The number of amides is 1. The molecular formula is C23H45IN4O3. The SMILES string of the molecule is CN=C(NCCC1CCCN(C(=O)OC(C)(C)C)C1)NCC1(CCOC)CCCC1.I. The minimum atomic E-state index is -0.441. The number of halogens is 1. The average Bonchev–Trinajstić information content (AvgIpc) is 3.17. The minimum Gasteiger partial charge on any atom is -0.444 e. The third-order valence-corrected chi connectivity index (χ3v) is 6.37. The quantitative estimate of drug-likeness (QED) is 0.265. The lowest BCUT2D eigenvalue weighted by Crippen LogP contribution is -2.45. The molecule has 1 aliphatic heterocycles. The van der Waals surface area contributed by atoms with Crippen LogP contribution in [0.1, 0.15) is 72.1 Å². The van der Waals surface area contributed by atoms with Crippen LogP contribution in [0.4, 0.5) is 4.79 Å². The normalized spacial score (nSPS) is 21.4. The summed E-state index contributed by atoms with van der Waals surface area (Å²) in [5.41, 5.74) is -0.103.